The van der Waals surface area contributed by atoms with Crippen LogP contribution in [0.4, 0.5) is 0 Å². The van der Waals surface area contributed by atoms with E-state index in [4.69, 9.17) is 28.2 Å². The largest absolute Gasteiger partial charge is 0.333 e. The maximum atomic E-state index is 13.3. The summed E-state index contributed by atoms with van der Waals surface area (Å²) in [5, 5.41) is 0.512. The number of aryl methyl sites for hydroxylation is 2. The van der Waals surface area contributed by atoms with Crippen LogP contribution in [-0.2, 0) is 4.79 Å². The maximum absolute atomic E-state index is 13.3. The van der Waals surface area contributed by atoms with E-state index in [2.05, 4.69) is 0 Å². The molecule has 0 spiro atoms. The highest BCUT2D eigenvalue weighted by molar-refractivity contribution is 6.53. The Morgan fingerprint density at radius 2 is 1.79 bits per heavy atom. The van der Waals surface area contributed by atoms with Gasteiger partial charge in [0.25, 0.3) is 11.5 Å². The fraction of sp³-hybridized carbons (Fsp3) is 0.286. The van der Waals surface area contributed by atoms with Gasteiger partial charge in [0.2, 0.25) is 0 Å². The summed E-state index contributed by atoms with van der Waals surface area (Å²) in [7, 11) is 1.59. The van der Waals surface area contributed by atoms with Crippen molar-refractivity contribution in [2.24, 2.45) is 0 Å². The van der Waals surface area contributed by atoms with Crippen molar-refractivity contribution in [2.75, 3.05) is 7.05 Å². The third-order valence-corrected chi connectivity index (χ3v) is 5.41. The van der Waals surface area contributed by atoms with E-state index in [0.29, 0.717) is 22.4 Å². The molecule has 1 amide bonds. The van der Waals surface area contributed by atoms with Crippen LogP contribution >= 0.6 is 23.2 Å². The highest BCUT2D eigenvalue weighted by Gasteiger charge is 2.27. The first-order chi connectivity index (χ1) is 13.2. The summed E-state index contributed by atoms with van der Waals surface area (Å²) >= 11 is 11.5. The Morgan fingerprint density at radius 1 is 1.11 bits per heavy atom. The number of halogens is 2. The average Bonchev–Trinajstić information content (AvgIpc) is 2.68. The molecule has 0 saturated heterocycles. The van der Waals surface area contributed by atoms with Gasteiger partial charge in [-0.15, -0.1) is 0 Å². The van der Waals surface area contributed by atoms with E-state index < -0.39 is 16.8 Å². The Labute approximate surface area is 173 Å². The van der Waals surface area contributed by atoms with Gasteiger partial charge in [-0.05, 0) is 56.2 Å². The zero-order valence-electron chi connectivity index (χ0n) is 16.1. The second kappa shape index (κ2) is 7.94. The van der Waals surface area contributed by atoms with Gasteiger partial charge in [-0.2, -0.15) is 0 Å². The van der Waals surface area contributed by atoms with Gasteiger partial charge in [0.1, 0.15) is 5.82 Å². The quantitative estimate of drug-likeness (QED) is 0.593. The molecular weight excluding hydrogens is 397 g/mol. The lowest BCUT2D eigenvalue weighted by Gasteiger charge is -2.27. The minimum atomic E-state index is -1.19. The first-order valence-corrected chi connectivity index (χ1v) is 9.73. The van der Waals surface area contributed by atoms with Gasteiger partial charge >= 0.3 is 0 Å². The lowest BCUT2D eigenvalue weighted by atomic mass is 10.1. The van der Waals surface area contributed by atoms with E-state index in [1.165, 1.54) is 4.90 Å². The fourth-order valence-corrected chi connectivity index (χ4v) is 3.37. The minimum Gasteiger partial charge on any atom is -0.333 e. The molecule has 1 aromatic heterocycles. The number of benzene rings is 2. The summed E-state index contributed by atoms with van der Waals surface area (Å²) in [6.45, 7) is 5.79. The van der Waals surface area contributed by atoms with Crippen LogP contribution in [0.5, 0.6) is 0 Å². The van der Waals surface area contributed by atoms with Crippen molar-refractivity contribution in [2.45, 2.75) is 31.6 Å². The normalized spacial score (nSPS) is 12.4. The van der Waals surface area contributed by atoms with Gasteiger partial charge in [-0.1, -0.05) is 41.4 Å². The average molecular weight is 418 g/mol. The first kappa shape index (κ1) is 20.4. The number of hydrogen-bond donors (Lipinski definition) is 0. The van der Waals surface area contributed by atoms with E-state index in [-0.39, 0.29) is 5.56 Å². The fourth-order valence-electron chi connectivity index (χ4n) is 3.06. The molecule has 5 nitrogen and oxygen atoms in total. The molecular formula is C21H21Cl2N3O2. The van der Waals surface area contributed by atoms with Gasteiger partial charge in [0, 0.05) is 7.05 Å². The van der Waals surface area contributed by atoms with Crippen molar-refractivity contribution in [3.05, 3.63) is 69.8 Å². The Morgan fingerprint density at radius 3 is 2.43 bits per heavy atom. The van der Waals surface area contributed by atoms with Gasteiger partial charge in [0.15, 0.2) is 4.84 Å². The molecule has 3 rings (SSSR count). The number of carbonyl (C=O) groups is 1. The number of nitrogens with zero attached hydrogens (tertiary/aromatic N) is 3. The summed E-state index contributed by atoms with van der Waals surface area (Å²) in [4.78, 5) is 30.6. The Bertz CT molecular complexity index is 1110. The Balaban J connectivity index is 2.30. The molecule has 1 unspecified atom stereocenters. The van der Waals surface area contributed by atoms with Crippen molar-refractivity contribution in [1.82, 2.24) is 14.5 Å². The molecule has 0 radical (unpaired) electrons. The molecule has 0 fully saturated rings. The van der Waals surface area contributed by atoms with Crippen molar-refractivity contribution < 1.29 is 4.79 Å². The van der Waals surface area contributed by atoms with Crippen LogP contribution in [0.25, 0.3) is 16.6 Å². The molecule has 1 atom stereocenters. The van der Waals surface area contributed by atoms with E-state index in [1.807, 2.05) is 38.1 Å². The van der Waals surface area contributed by atoms with Gasteiger partial charge in [-0.3, -0.25) is 14.2 Å². The van der Waals surface area contributed by atoms with Crippen molar-refractivity contribution in [3.63, 3.8) is 0 Å². The molecule has 0 aliphatic heterocycles. The molecule has 0 N–H and O–H groups in total. The number of amides is 1. The second-order valence-electron chi connectivity index (χ2n) is 6.82. The molecule has 0 aliphatic rings. The molecule has 0 bridgehead atoms. The third kappa shape index (κ3) is 3.64. The van der Waals surface area contributed by atoms with Gasteiger partial charge in [0.05, 0.1) is 22.6 Å². The Hall–Kier alpha value is -2.37. The van der Waals surface area contributed by atoms with Crippen LogP contribution in [0.1, 0.15) is 29.9 Å². The standard InChI is InChI=1S/C21H21Cl2N3O2/c1-12-9-10-15(11-13(12)2)26-19(14(3)25(4)21(28)18(22)23)24-17-8-6-5-7-16(17)20(26)27/h5-11,14,18H,1-4H3. The van der Waals surface area contributed by atoms with Crippen LogP contribution in [0.2, 0.25) is 0 Å². The number of hydrogen-bond acceptors (Lipinski definition) is 3. The number of alkyl halides is 2. The number of carbonyl (C=O) groups excluding carboxylic acids is 1. The number of fused-ring (bicyclic) bond motifs is 1. The molecule has 0 saturated carbocycles. The van der Waals surface area contributed by atoms with Gasteiger partial charge < -0.3 is 4.90 Å². The van der Waals surface area contributed by atoms with Crippen LogP contribution in [-0.4, -0.2) is 32.2 Å². The zero-order valence-corrected chi connectivity index (χ0v) is 17.6. The third-order valence-electron chi connectivity index (χ3n) is 5.04. The molecule has 0 aliphatic carbocycles. The second-order valence-corrected chi connectivity index (χ2v) is 7.92. The molecule has 146 valence electrons. The molecule has 7 heteroatoms. The topological polar surface area (TPSA) is 55.2 Å². The monoisotopic (exact) mass is 417 g/mol. The smallest absolute Gasteiger partial charge is 0.266 e. The summed E-state index contributed by atoms with van der Waals surface area (Å²) in [5.41, 5.74) is 3.26. The lowest BCUT2D eigenvalue weighted by Crippen LogP contribution is -2.37. The Kier molecular flexibility index (Phi) is 5.77. The van der Waals surface area contributed by atoms with Crippen molar-refractivity contribution >= 4 is 40.0 Å². The number of aromatic nitrogens is 2. The van der Waals surface area contributed by atoms with Gasteiger partial charge in [-0.25, -0.2) is 4.98 Å². The SMILES string of the molecule is Cc1ccc(-n2c(C(C)N(C)C(=O)C(Cl)Cl)nc3ccccc3c2=O)cc1C. The van der Waals surface area contributed by atoms with Crippen LogP contribution in [0.15, 0.2) is 47.3 Å². The summed E-state index contributed by atoms with van der Waals surface area (Å²) in [5.74, 6) is -0.0123. The molecule has 1 heterocycles. The lowest BCUT2D eigenvalue weighted by molar-refractivity contribution is -0.130. The highest BCUT2D eigenvalue weighted by Crippen LogP contribution is 2.24. The molecule has 3 aromatic rings. The summed E-state index contributed by atoms with van der Waals surface area (Å²) < 4.78 is 1.56. The van der Waals surface area contributed by atoms with Crippen molar-refractivity contribution in [3.8, 4) is 5.69 Å². The van der Waals surface area contributed by atoms with E-state index >= 15 is 0 Å². The highest BCUT2D eigenvalue weighted by atomic mass is 35.5. The summed E-state index contributed by atoms with van der Waals surface area (Å²) in [6.07, 6.45) is 0. The maximum Gasteiger partial charge on any atom is 0.266 e. The zero-order chi connectivity index (χ0) is 20.6. The van der Waals surface area contributed by atoms with Crippen LogP contribution in [0.3, 0.4) is 0 Å². The first-order valence-electron chi connectivity index (χ1n) is 8.86. The van der Waals surface area contributed by atoms with E-state index in [0.717, 1.165) is 11.1 Å². The molecule has 2 aromatic carbocycles. The van der Waals surface area contributed by atoms with Crippen LogP contribution < -0.4 is 5.56 Å². The van der Waals surface area contributed by atoms with Crippen LogP contribution in [0, 0.1) is 13.8 Å². The van der Waals surface area contributed by atoms with E-state index in [9.17, 15) is 9.59 Å². The molecule has 28 heavy (non-hydrogen) atoms. The van der Waals surface area contributed by atoms with Crippen molar-refractivity contribution in [1.29, 1.82) is 0 Å². The predicted octanol–water partition coefficient (Wildman–Crippen LogP) is 4.33. The minimum absolute atomic E-state index is 0.190. The predicted molar refractivity (Wildman–Crippen MR) is 113 cm³/mol. The number of rotatable bonds is 4. The van der Waals surface area contributed by atoms with E-state index in [1.54, 1.807) is 36.7 Å². The summed E-state index contributed by atoms with van der Waals surface area (Å²) in [6, 6.07) is 12.4. The number of para-hydroxylation sites is 1.